The molecule has 0 heterocycles. The maximum Gasteiger partial charge on any atom is 0.407 e. The van der Waals surface area contributed by atoms with E-state index in [1.807, 2.05) is 13.8 Å². The smallest absolute Gasteiger partial charge is 0.407 e. The Morgan fingerprint density at radius 3 is 2.42 bits per heavy atom. The molecule has 0 atom stereocenters. The summed E-state index contributed by atoms with van der Waals surface area (Å²) in [7, 11) is 0. The van der Waals surface area contributed by atoms with Gasteiger partial charge in [-0.25, -0.2) is 4.79 Å². The average Bonchev–Trinajstić information content (AvgIpc) is 2.69. The van der Waals surface area contributed by atoms with Gasteiger partial charge in [0.05, 0.1) is 23.3 Å². The highest BCUT2D eigenvalue weighted by Gasteiger charge is 2.14. The standard InChI is InChI=1S/C21H23Cl2NO7/c1-12(2)11-30-18-9-14(3-4-17(18)25)31-20-15(22)7-13(8-16(20)23)5-6-29-21(28)24-10-19(26)27/h3-4,7-9,12,25H,5-6,10-11H2,1-2H3,(H,24,28)(H,26,27). The number of carbonyl (C=O) groups excluding carboxylic acids is 1. The molecule has 0 aliphatic carbocycles. The third-order valence-electron chi connectivity index (χ3n) is 3.79. The van der Waals surface area contributed by atoms with E-state index < -0.39 is 18.6 Å². The molecule has 0 aliphatic rings. The first-order chi connectivity index (χ1) is 14.7. The van der Waals surface area contributed by atoms with Crippen LogP contribution in [0.15, 0.2) is 30.3 Å². The van der Waals surface area contributed by atoms with Crippen LogP contribution < -0.4 is 14.8 Å². The Kier molecular flexibility index (Phi) is 9.08. The van der Waals surface area contributed by atoms with E-state index in [-0.39, 0.29) is 39.8 Å². The number of phenols is 1. The monoisotopic (exact) mass is 471 g/mol. The zero-order chi connectivity index (χ0) is 23.0. The fourth-order valence-corrected chi connectivity index (χ4v) is 2.97. The lowest BCUT2D eigenvalue weighted by atomic mass is 10.1. The Labute approximate surface area is 189 Å². The number of amides is 1. The second kappa shape index (κ2) is 11.5. The first-order valence-corrected chi connectivity index (χ1v) is 10.1. The quantitative estimate of drug-likeness (QED) is 0.452. The van der Waals surface area contributed by atoms with Crippen LogP contribution >= 0.6 is 23.2 Å². The summed E-state index contributed by atoms with van der Waals surface area (Å²) in [4.78, 5) is 21.8. The number of carboxylic acids is 1. The number of carboxylic acid groups (broad SMARTS) is 1. The number of ether oxygens (including phenoxy) is 3. The number of alkyl carbamates (subject to hydrolysis) is 1. The SMILES string of the molecule is CC(C)COc1cc(Oc2c(Cl)cc(CCOC(=O)NCC(=O)O)cc2Cl)ccc1O. The van der Waals surface area contributed by atoms with E-state index in [0.717, 1.165) is 0 Å². The summed E-state index contributed by atoms with van der Waals surface area (Å²) in [5.74, 6) is 0.00605. The summed E-state index contributed by atoms with van der Waals surface area (Å²) in [5.41, 5.74) is 0.694. The van der Waals surface area contributed by atoms with Gasteiger partial charge in [0.15, 0.2) is 17.2 Å². The van der Waals surface area contributed by atoms with Gasteiger partial charge >= 0.3 is 12.1 Å². The van der Waals surface area contributed by atoms with Crippen LogP contribution in [0.4, 0.5) is 4.79 Å². The van der Waals surface area contributed by atoms with Crippen molar-refractivity contribution in [2.24, 2.45) is 5.92 Å². The predicted octanol–water partition coefficient (Wildman–Crippen LogP) is 4.88. The van der Waals surface area contributed by atoms with Crippen molar-refractivity contribution < 1.29 is 34.0 Å². The zero-order valence-electron chi connectivity index (χ0n) is 17.0. The summed E-state index contributed by atoms with van der Waals surface area (Å²) in [6.07, 6.45) is -0.519. The van der Waals surface area contributed by atoms with E-state index in [4.69, 9.17) is 42.5 Å². The third kappa shape index (κ3) is 8.07. The van der Waals surface area contributed by atoms with Crippen LogP contribution in [0, 0.1) is 5.92 Å². The lowest BCUT2D eigenvalue weighted by molar-refractivity contribution is -0.135. The second-order valence-corrected chi connectivity index (χ2v) is 7.77. The molecule has 2 rings (SSSR count). The maximum absolute atomic E-state index is 11.4. The fraction of sp³-hybridized carbons (Fsp3) is 0.333. The Hall–Kier alpha value is -2.84. The predicted molar refractivity (Wildman–Crippen MR) is 116 cm³/mol. The van der Waals surface area contributed by atoms with E-state index in [1.54, 1.807) is 24.3 Å². The molecule has 0 bridgehead atoms. The molecule has 1 amide bonds. The number of hydrogen-bond donors (Lipinski definition) is 3. The van der Waals surface area contributed by atoms with Gasteiger partial charge in [-0.05, 0) is 35.7 Å². The number of phenolic OH excluding ortho intramolecular Hbond substituents is 1. The van der Waals surface area contributed by atoms with Gasteiger partial charge in [0.1, 0.15) is 12.3 Å². The number of nitrogens with one attached hydrogen (secondary N) is 1. The molecular weight excluding hydrogens is 449 g/mol. The van der Waals surface area contributed by atoms with E-state index >= 15 is 0 Å². The number of halogens is 2. The van der Waals surface area contributed by atoms with Gasteiger partial charge in [0.2, 0.25) is 0 Å². The summed E-state index contributed by atoms with van der Waals surface area (Å²) in [6, 6.07) is 7.80. The molecule has 31 heavy (non-hydrogen) atoms. The Morgan fingerprint density at radius 1 is 1.13 bits per heavy atom. The van der Waals surface area contributed by atoms with Crippen molar-refractivity contribution in [1.29, 1.82) is 0 Å². The molecule has 3 N–H and O–H groups in total. The van der Waals surface area contributed by atoms with Crippen molar-refractivity contribution >= 4 is 35.3 Å². The van der Waals surface area contributed by atoms with Crippen LogP contribution in [0.1, 0.15) is 19.4 Å². The minimum Gasteiger partial charge on any atom is -0.504 e. The minimum absolute atomic E-state index is 0.00654. The third-order valence-corrected chi connectivity index (χ3v) is 4.35. The second-order valence-electron chi connectivity index (χ2n) is 6.96. The van der Waals surface area contributed by atoms with E-state index in [2.05, 4.69) is 5.32 Å². The van der Waals surface area contributed by atoms with Gasteiger partial charge < -0.3 is 29.7 Å². The molecule has 8 nitrogen and oxygen atoms in total. The first-order valence-electron chi connectivity index (χ1n) is 9.39. The molecule has 0 spiro atoms. The van der Waals surface area contributed by atoms with Crippen LogP contribution in [0.25, 0.3) is 0 Å². The molecule has 0 radical (unpaired) electrons. The van der Waals surface area contributed by atoms with Gasteiger partial charge in [0, 0.05) is 12.5 Å². The van der Waals surface area contributed by atoms with Gasteiger partial charge in [-0.3, -0.25) is 4.79 Å². The summed E-state index contributed by atoms with van der Waals surface area (Å²) in [6.45, 7) is 3.90. The van der Waals surface area contributed by atoms with Crippen LogP contribution in [-0.2, 0) is 16.0 Å². The van der Waals surface area contributed by atoms with Crippen LogP contribution in [0.5, 0.6) is 23.0 Å². The van der Waals surface area contributed by atoms with Crippen molar-refractivity contribution in [3.05, 3.63) is 45.9 Å². The molecule has 0 saturated heterocycles. The van der Waals surface area contributed by atoms with Crippen LogP contribution in [0.3, 0.4) is 0 Å². The molecule has 0 fully saturated rings. The van der Waals surface area contributed by atoms with E-state index in [9.17, 15) is 14.7 Å². The summed E-state index contributed by atoms with van der Waals surface area (Å²) >= 11 is 12.6. The Balaban J connectivity index is 2.01. The minimum atomic E-state index is -1.17. The van der Waals surface area contributed by atoms with E-state index in [1.165, 1.54) is 6.07 Å². The number of aromatic hydroxyl groups is 1. The molecular formula is C21H23Cl2NO7. The van der Waals surface area contributed by atoms with Crippen LogP contribution in [0.2, 0.25) is 10.0 Å². The van der Waals surface area contributed by atoms with Crippen molar-refractivity contribution in [2.45, 2.75) is 20.3 Å². The molecule has 0 unspecified atom stereocenters. The fourth-order valence-electron chi connectivity index (χ4n) is 2.36. The summed E-state index contributed by atoms with van der Waals surface area (Å²) in [5, 5.41) is 21.0. The van der Waals surface area contributed by atoms with Gasteiger partial charge in [-0.1, -0.05) is 37.0 Å². The highest BCUT2D eigenvalue weighted by atomic mass is 35.5. The number of carbonyl (C=O) groups is 2. The number of benzene rings is 2. The molecule has 2 aromatic rings. The Bertz CT molecular complexity index is 911. The first kappa shape index (κ1) is 24.4. The zero-order valence-corrected chi connectivity index (χ0v) is 18.5. The molecule has 0 aromatic heterocycles. The number of aliphatic carboxylic acids is 1. The van der Waals surface area contributed by atoms with Crippen LogP contribution in [-0.4, -0.2) is 42.0 Å². The number of hydrogen-bond acceptors (Lipinski definition) is 6. The highest BCUT2D eigenvalue weighted by Crippen LogP contribution is 2.39. The maximum atomic E-state index is 11.4. The normalized spacial score (nSPS) is 10.6. The van der Waals surface area contributed by atoms with Crippen molar-refractivity contribution in [1.82, 2.24) is 5.32 Å². The molecule has 10 heteroatoms. The van der Waals surface area contributed by atoms with Gasteiger partial charge in [-0.2, -0.15) is 0 Å². The van der Waals surface area contributed by atoms with E-state index in [0.29, 0.717) is 24.3 Å². The highest BCUT2D eigenvalue weighted by molar-refractivity contribution is 6.37. The van der Waals surface area contributed by atoms with Crippen molar-refractivity contribution in [3.63, 3.8) is 0 Å². The average molecular weight is 472 g/mol. The summed E-state index contributed by atoms with van der Waals surface area (Å²) < 4.78 is 16.3. The molecule has 0 saturated carbocycles. The Morgan fingerprint density at radius 2 is 1.81 bits per heavy atom. The van der Waals surface area contributed by atoms with Crippen molar-refractivity contribution in [2.75, 3.05) is 19.8 Å². The van der Waals surface area contributed by atoms with Crippen molar-refractivity contribution in [3.8, 4) is 23.0 Å². The lowest BCUT2D eigenvalue weighted by Crippen LogP contribution is -2.30. The number of rotatable bonds is 10. The van der Waals surface area contributed by atoms with Gasteiger partial charge in [0.25, 0.3) is 0 Å². The molecule has 0 aliphatic heterocycles. The largest absolute Gasteiger partial charge is 0.504 e. The van der Waals surface area contributed by atoms with Gasteiger partial charge in [-0.15, -0.1) is 0 Å². The molecule has 2 aromatic carbocycles. The lowest BCUT2D eigenvalue weighted by Gasteiger charge is -2.14. The molecule has 168 valence electrons. The topological polar surface area (TPSA) is 114 Å².